The number of carbonyl (C=O) groups excluding carboxylic acids is 1. The summed E-state index contributed by atoms with van der Waals surface area (Å²) in [5.74, 6) is 0. The first kappa shape index (κ1) is 26.2. The van der Waals surface area contributed by atoms with Gasteiger partial charge in [-0.25, -0.2) is 0 Å². The molecule has 3 aromatic carbocycles. The summed E-state index contributed by atoms with van der Waals surface area (Å²) >= 11 is 1.46. The lowest BCUT2D eigenvalue weighted by molar-refractivity contribution is -0.788. The van der Waals surface area contributed by atoms with Crippen molar-refractivity contribution in [1.29, 1.82) is 0 Å². The molecule has 3 nitrogen and oxygen atoms in total. The molecule has 0 heterocycles. The molecule has 0 saturated carbocycles. The summed E-state index contributed by atoms with van der Waals surface area (Å²) < 4.78 is 7.67. The molecule has 0 N–H and O–H groups in total. The van der Waals surface area contributed by atoms with E-state index in [9.17, 15) is 4.79 Å². The van der Waals surface area contributed by atoms with E-state index in [0.29, 0.717) is 6.61 Å². The molecular formula is C30H38NO2S+. The number of nitrogens with zero attached hydrogens (tertiary/aromatic N) is 1. The number of carbonyl (C=O) groups is 1. The summed E-state index contributed by atoms with van der Waals surface area (Å²) in [6.45, 7) is 13.5. The first-order valence-corrected chi connectivity index (χ1v) is 13.0. The van der Waals surface area contributed by atoms with Crippen LogP contribution in [-0.2, 0) is 15.1 Å². The molecule has 0 saturated heterocycles. The molecule has 0 bridgehead atoms. The predicted octanol–water partition coefficient (Wildman–Crippen LogP) is 7.07. The Morgan fingerprint density at radius 1 is 0.706 bits per heavy atom. The number of ether oxygens (including phenoxy) is 1. The molecule has 0 aliphatic rings. The van der Waals surface area contributed by atoms with E-state index in [1.165, 1.54) is 11.9 Å². The molecule has 0 atom stereocenters. The van der Waals surface area contributed by atoms with Gasteiger partial charge >= 0.3 is 0 Å². The van der Waals surface area contributed by atoms with Gasteiger partial charge in [-0.2, -0.15) is 0 Å². The maximum absolute atomic E-state index is 13.6. The summed E-state index contributed by atoms with van der Waals surface area (Å²) in [6.07, 6.45) is 0. The Bertz CT molecular complexity index is 926. The van der Waals surface area contributed by atoms with Gasteiger partial charge in [-0.1, -0.05) is 91.0 Å². The van der Waals surface area contributed by atoms with Crippen molar-refractivity contribution >= 4 is 17.1 Å². The SMILES string of the molecule is CC[N+](CC)(CC)SC(=O)C(C)(C)COC(c1ccccc1)(c1ccccc1)c1ccccc1. The van der Waals surface area contributed by atoms with Crippen LogP contribution in [0.25, 0.3) is 0 Å². The Morgan fingerprint density at radius 2 is 1.06 bits per heavy atom. The minimum Gasteiger partial charge on any atom is -0.360 e. The Morgan fingerprint density at radius 3 is 1.38 bits per heavy atom. The molecule has 4 heteroatoms. The van der Waals surface area contributed by atoms with Crippen LogP contribution in [0.15, 0.2) is 91.0 Å². The molecule has 3 aromatic rings. The molecular weight excluding hydrogens is 438 g/mol. The summed E-state index contributed by atoms with van der Waals surface area (Å²) in [5, 5.41) is 0.168. The van der Waals surface area contributed by atoms with Gasteiger partial charge in [0.05, 0.1) is 31.7 Å². The second-order valence-electron chi connectivity index (χ2n) is 9.34. The Hall–Kier alpha value is -2.40. The molecule has 0 amide bonds. The monoisotopic (exact) mass is 476 g/mol. The molecule has 0 spiro atoms. The quantitative estimate of drug-likeness (QED) is 0.168. The second-order valence-corrected chi connectivity index (χ2v) is 10.7. The van der Waals surface area contributed by atoms with Gasteiger partial charge in [0, 0.05) is 0 Å². The zero-order valence-corrected chi connectivity index (χ0v) is 22.0. The van der Waals surface area contributed by atoms with Gasteiger partial charge in [-0.15, -0.1) is 0 Å². The van der Waals surface area contributed by atoms with Gasteiger partial charge in [0.15, 0.2) is 11.9 Å². The largest absolute Gasteiger partial charge is 0.360 e. The van der Waals surface area contributed by atoms with Crippen LogP contribution in [0.4, 0.5) is 0 Å². The standard InChI is InChI=1S/C30H38NO2S/c1-6-31(7-2,8-3)34-28(32)29(4,5)24-33-30(25-18-12-9-13-19-25,26-20-14-10-15-21-26)27-22-16-11-17-23-27/h9-23H,6-8,24H2,1-5H3/q+1. The number of benzene rings is 3. The lowest BCUT2D eigenvalue weighted by atomic mass is 9.79. The Balaban J connectivity index is 2.04. The van der Waals surface area contributed by atoms with Gasteiger partial charge in [0.25, 0.3) is 5.12 Å². The fourth-order valence-electron chi connectivity index (χ4n) is 4.28. The summed E-state index contributed by atoms with van der Waals surface area (Å²) in [5.41, 5.74) is 1.66. The maximum atomic E-state index is 13.6. The highest BCUT2D eigenvalue weighted by molar-refractivity contribution is 8.08. The van der Waals surface area contributed by atoms with E-state index < -0.39 is 11.0 Å². The van der Waals surface area contributed by atoms with E-state index in [0.717, 1.165) is 40.2 Å². The fourth-order valence-corrected chi connectivity index (χ4v) is 5.33. The molecule has 0 unspecified atom stereocenters. The minimum absolute atomic E-state index is 0.168. The predicted molar refractivity (Wildman–Crippen MR) is 143 cm³/mol. The van der Waals surface area contributed by atoms with Crippen LogP contribution < -0.4 is 0 Å². The van der Waals surface area contributed by atoms with Crippen LogP contribution in [0.3, 0.4) is 0 Å². The minimum atomic E-state index is -0.821. The third-order valence-corrected chi connectivity index (χ3v) is 8.63. The number of hydrogen-bond acceptors (Lipinski definition) is 3. The summed E-state index contributed by atoms with van der Waals surface area (Å²) in [4.78, 5) is 13.6. The fraction of sp³-hybridized carbons (Fsp3) is 0.367. The molecule has 34 heavy (non-hydrogen) atoms. The average molecular weight is 477 g/mol. The molecule has 0 fully saturated rings. The molecule has 3 rings (SSSR count). The molecule has 0 aliphatic carbocycles. The van der Waals surface area contributed by atoms with Gasteiger partial charge < -0.3 is 4.74 Å². The number of rotatable bonds is 11. The van der Waals surface area contributed by atoms with Crippen molar-refractivity contribution in [2.24, 2.45) is 5.41 Å². The van der Waals surface area contributed by atoms with E-state index in [1.54, 1.807) is 0 Å². The van der Waals surface area contributed by atoms with Crippen molar-refractivity contribution in [3.05, 3.63) is 108 Å². The van der Waals surface area contributed by atoms with E-state index in [1.807, 2.05) is 68.4 Å². The van der Waals surface area contributed by atoms with E-state index >= 15 is 0 Å². The van der Waals surface area contributed by atoms with Crippen LogP contribution in [0.1, 0.15) is 51.3 Å². The van der Waals surface area contributed by atoms with Gasteiger partial charge in [-0.05, 0) is 51.3 Å². The topological polar surface area (TPSA) is 26.3 Å². The van der Waals surface area contributed by atoms with Crippen LogP contribution >= 0.6 is 11.9 Å². The van der Waals surface area contributed by atoms with Crippen molar-refractivity contribution in [1.82, 2.24) is 0 Å². The van der Waals surface area contributed by atoms with Gasteiger partial charge in [0.2, 0.25) is 0 Å². The van der Waals surface area contributed by atoms with Crippen LogP contribution in [0.2, 0.25) is 0 Å². The first-order chi connectivity index (χ1) is 16.3. The number of quaternary nitrogens is 1. The van der Waals surface area contributed by atoms with Crippen molar-refractivity contribution in [2.75, 3.05) is 26.2 Å². The van der Waals surface area contributed by atoms with Crippen LogP contribution in [0.5, 0.6) is 0 Å². The highest BCUT2D eigenvalue weighted by Gasteiger charge is 2.43. The average Bonchev–Trinajstić information content (AvgIpc) is 2.89. The zero-order chi connectivity index (χ0) is 24.7. The van der Waals surface area contributed by atoms with E-state index in [-0.39, 0.29) is 5.12 Å². The smallest absolute Gasteiger partial charge is 0.253 e. The van der Waals surface area contributed by atoms with E-state index in [2.05, 4.69) is 57.2 Å². The highest BCUT2D eigenvalue weighted by Crippen LogP contribution is 2.42. The van der Waals surface area contributed by atoms with Crippen molar-refractivity contribution < 1.29 is 13.4 Å². The zero-order valence-electron chi connectivity index (χ0n) is 21.2. The lowest BCUT2D eigenvalue weighted by Gasteiger charge is -2.39. The molecule has 0 aromatic heterocycles. The molecule has 0 radical (unpaired) electrons. The van der Waals surface area contributed by atoms with Crippen molar-refractivity contribution in [3.8, 4) is 0 Å². The Kier molecular flexibility index (Phi) is 8.75. The van der Waals surface area contributed by atoms with Gasteiger partial charge in [-0.3, -0.25) is 8.68 Å². The van der Waals surface area contributed by atoms with Crippen molar-refractivity contribution in [3.63, 3.8) is 0 Å². The highest BCUT2D eigenvalue weighted by atomic mass is 32.2. The number of hydrogen-bond donors (Lipinski definition) is 0. The third-order valence-electron chi connectivity index (χ3n) is 6.75. The van der Waals surface area contributed by atoms with Gasteiger partial charge in [0.1, 0.15) is 5.60 Å². The van der Waals surface area contributed by atoms with Crippen molar-refractivity contribution in [2.45, 2.75) is 40.2 Å². The van der Waals surface area contributed by atoms with Crippen LogP contribution in [-0.4, -0.2) is 35.2 Å². The molecule has 180 valence electrons. The lowest BCUT2D eigenvalue weighted by Crippen LogP contribution is -2.45. The second kappa shape index (κ2) is 11.4. The van der Waals surface area contributed by atoms with E-state index in [4.69, 9.17) is 4.74 Å². The first-order valence-electron chi connectivity index (χ1n) is 12.2. The Labute approximate surface area is 209 Å². The summed E-state index contributed by atoms with van der Waals surface area (Å²) in [6, 6.07) is 31.0. The summed E-state index contributed by atoms with van der Waals surface area (Å²) in [7, 11) is 0. The van der Waals surface area contributed by atoms with Crippen LogP contribution in [0, 0.1) is 5.41 Å². The third kappa shape index (κ3) is 5.46. The maximum Gasteiger partial charge on any atom is 0.253 e. The normalized spacial score (nSPS) is 12.5. The molecule has 0 aliphatic heterocycles.